The van der Waals surface area contributed by atoms with Crippen molar-refractivity contribution in [2.45, 2.75) is 74.8 Å². The molecule has 2 fully saturated rings. The molecule has 0 radical (unpaired) electrons. The van der Waals surface area contributed by atoms with Crippen LogP contribution in [0.1, 0.15) is 84.0 Å². The van der Waals surface area contributed by atoms with Crippen LogP contribution in [0.25, 0.3) is 16.8 Å². The normalized spacial score (nSPS) is 28.4. The fourth-order valence-electron chi connectivity index (χ4n) is 7.24. The Morgan fingerprint density at radius 3 is 2.59 bits per heavy atom. The fraction of sp³-hybridized carbons (Fsp3) is 0.414. The lowest BCUT2D eigenvalue weighted by Crippen LogP contribution is -2.59. The first-order chi connectivity index (χ1) is 19.6. The number of nitrogens with zero attached hydrogens (tertiary/aromatic N) is 6. The molecule has 2 atom stereocenters. The first-order valence-electron chi connectivity index (χ1n) is 13.7. The third kappa shape index (κ3) is 3.70. The lowest BCUT2D eigenvalue weighted by molar-refractivity contribution is -0.0769. The van der Waals surface area contributed by atoms with Crippen LogP contribution in [-0.4, -0.2) is 58.7 Å². The third-order valence-corrected chi connectivity index (χ3v) is 8.87. The summed E-state index contributed by atoms with van der Waals surface area (Å²) in [6, 6.07) is 6.53. The molecule has 0 unspecified atom stereocenters. The van der Waals surface area contributed by atoms with E-state index in [0.29, 0.717) is 47.5 Å². The van der Waals surface area contributed by atoms with E-state index in [1.54, 1.807) is 42.3 Å². The van der Waals surface area contributed by atoms with Crippen molar-refractivity contribution in [3.63, 3.8) is 0 Å². The van der Waals surface area contributed by atoms with Gasteiger partial charge in [0.1, 0.15) is 17.9 Å². The molecule has 3 N–H and O–H groups in total. The van der Waals surface area contributed by atoms with Gasteiger partial charge in [-0.05, 0) is 44.4 Å². The zero-order valence-electron chi connectivity index (χ0n) is 22.2. The van der Waals surface area contributed by atoms with E-state index in [0.717, 1.165) is 29.6 Å². The largest absolute Gasteiger partial charge is 0.434 e. The SMILES string of the molecule is CC1(O)CC(N)(c2ncc(-c3cc4c5c(nn4cn3)[C@H]3C[C@@H]5c4c(OC(F)F)cccc4C(=O)N3C3CC3)cn2)C1. The number of hydrogen-bond acceptors (Lipinski definition) is 8. The summed E-state index contributed by atoms with van der Waals surface area (Å²) in [6.45, 7) is -1.27. The number of benzene rings is 1. The molecule has 1 aliphatic heterocycles. The van der Waals surface area contributed by atoms with Crippen molar-refractivity contribution in [1.82, 2.24) is 29.5 Å². The lowest BCUT2D eigenvalue weighted by atomic mass is 9.66. The van der Waals surface area contributed by atoms with Crippen molar-refractivity contribution < 1.29 is 23.4 Å². The molecule has 4 aromatic rings. The van der Waals surface area contributed by atoms with E-state index < -0.39 is 17.8 Å². The van der Waals surface area contributed by atoms with Crippen LogP contribution in [0.4, 0.5) is 8.78 Å². The van der Waals surface area contributed by atoms with Gasteiger partial charge in [-0.2, -0.15) is 13.9 Å². The summed E-state index contributed by atoms with van der Waals surface area (Å²) >= 11 is 0. The minimum Gasteiger partial charge on any atom is -0.434 e. The average molecular weight is 560 g/mol. The zero-order chi connectivity index (χ0) is 28.3. The fourth-order valence-corrected chi connectivity index (χ4v) is 7.24. The van der Waals surface area contributed by atoms with Gasteiger partial charge in [0.2, 0.25) is 0 Å². The predicted octanol–water partition coefficient (Wildman–Crippen LogP) is 3.68. The number of halogens is 2. The molecule has 0 saturated heterocycles. The van der Waals surface area contributed by atoms with Gasteiger partial charge >= 0.3 is 6.61 Å². The molecule has 3 aromatic heterocycles. The van der Waals surface area contributed by atoms with Crippen LogP contribution in [0.5, 0.6) is 5.75 Å². The quantitative estimate of drug-likeness (QED) is 0.379. The second-order valence-corrected chi connectivity index (χ2v) is 12.0. The van der Waals surface area contributed by atoms with Gasteiger partial charge in [0, 0.05) is 59.4 Å². The van der Waals surface area contributed by atoms with Crippen LogP contribution in [0, 0.1) is 0 Å². The summed E-state index contributed by atoms with van der Waals surface area (Å²) < 4.78 is 33.6. The van der Waals surface area contributed by atoms with E-state index in [9.17, 15) is 18.7 Å². The molecular formula is C29H27F2N7O3. The molecule has 4 heterocycles. The Kier molecular flexibility index (Phi) is 4.99. The summed E-state index contributed by atoms with van der Waals surface area (Å²) in [7, 11) is 0. The lowest BCUT2D eigenvalue weighted by Gasteiger charge is -2.48. The van der Waals surface area contributed by atoms with Gasteiger partial charge in [-0.15, -0.1) is 0 Å². The Morgan fingerprint density at radius 1 is 1.15 bits per heavy atom. The Bertz CT molecular complexity index is 1730. The highest BCUT2D eigenvalue weighted by molar-refractivity contribution is 5.99. The van der Waals surface area contributed by atoms with Gasteiger partial charge in [0.25, 0.3) is 5.91 Å². The molecule has 1 amide bonds. The summed E-state index contributed by atoms with van der Waals surface area (Å²) in [5.41, 5.74) is 9.42. The monoisotopic (exact) mass is 559 g/mol. The Morgan fingerprint density at radius 2 is 1.90 bits per heavy atom. The van der Waals surface area contributed by atoms with Gasteiger partial charge < -0.3 is 20.5 Å². The molecule has 1 aromatic carbocycles. The number of rotatable bonds is 5. The van der Waals surface area contributed by atoms with Crippen LogP contribution in [-0.2, 0) is 5.54 Å². The minimum absolute atomic E-state index is 0.0170. The van der Waals surface area contributed by atoms with E-state index in [-0.39, 0.29) is 29.7 Å². The highest BCUT2D eigenvalue weighted by atomic mass is 19.3. The number of hydrogen-bond donors (Lipinski definition) is 2. The van der Waals surface area contributed by atoms with Gasteiger partial charge in [-0.3, -0.25) is 4.79 Å². The zero-order valence-corrected chi connectivity index (χ0v) is 22.2. The minimum atomic E-state index is -3.02. The summed E-state index contributed by atoms with van der Waals surface area (Å²) in [4.78, 5) is 29.2. The number of aliphatic hydroxyl groups is 1. The number of aromatic nitrogens is 5. The Labute approximate surface area is 233 Å². The molecule has 10 nitrogen and oxygen atoms in total. The number of fused-ring (bicyclic) bond motifs is 9. The van der Waals surface area contributed by atoms with Crippen LogP contribution in [0.2, 0.25) is 0 Å². The first-order valence-corrected chi connectivity index (χ1v) is 13.7. The smallest absolute Gasteiger partial charge is 0.387 e. The molecule has 8 rings (SSSR count). The molecule has 41 heavy (non-hydrogen) atoms. The number of amides is 1. The van der Waals surface area contributed by atoms with Gasteiger partial charge in [-0.25, -0.2) is 19.5 Å². The second-order valence-electron chi connectivity index (χ2n) is 12.0. The number of nitrogens with two attached hydrogens (primary N) is 1. The van der Waals surface area contributed by atoms with Gasteiger partial charge in [-0.1, -0.05) is 6.07 Å². The van der Waals surface area contributed by atoms with Crippen molar-refractivity contribution in [3.8, 4) is 17.0 Å². The van der Waals surface area contributed by atoms with Crippen LogP contribution >= 0.6 is 0 Å². The highest BCUT2D eigenvalue weighted by Gasteiger charge is 2.52. The van der Waals surface area contributed by atoms with E-state index in [2.05, 4.69) is 15.0 Å². The van der Waals surface area contributed by atoms with E-state index in [4.69, 9.17) is 15.6 Å². The Balaban J connectivity index is 1.24. The standard InChI is InChI=1S/C29H27F2N7O3/c1-28(40)11-29(32,12-28)26-33-9-14(10-34-26)18-8-19-23-17-7-20(24(23)36-37(19)13-35-18)38(15-5-6-15)25(39)16-3-2-4-21(22(16)17)41-27(30)31/h2-4,8-10,13,15,17,20,27,40H,5-7,11-12,32H2,1H3/t17-,20-,28?,29?/m1/s1. The third-order valence-electron chi connectivity index (χ3n) is 8.87. The first kappa shape index (κ1) is 24.7. The highest BCUT2D eigenvalue weighted by Crippen LogP contribution is 2.56. The molecule has 0 spiro atoms. The number of ether oxygens (including phenoxy) is 1. The van der Waals surface area contributed by atoms with Gasteiger partial charge in [0.15, 0.2) is 0 Å². The molecule has 3 aliphatic carbocycles. The van der Waals surface area contributed by atoms with Crippen molar-refractivity contribution in [2.75, 3.05) is 0 Å². The van der Waals surface area contributed by atoms with Gasteiger partial charge in [0.05, 0.1) is 34.1 Å². The molecular weight excluding hydrogens is 532 g/mol. The molecule has 12 heteroatoms. The summed E-state index contributed by atoms with van der Waals surface area (Å²) in [6.07, 6.45) is 8.07. The van der Waals surface area contributed by atoms with Crippen LogP contribution < -0.4 is 10.5 Å². The van der Waals surface area contributed by atoms with E-state index in [1.807, 2.05) is 11.0 Å². The molecule has 2 bridgehead atoms. The van der Waals surface area contributed by atoms with Crippen molar-refractivity contribution in [1.29, 1.82) is 0 Å². The number of alkyl halides is 2. The summed E-state index contributed by atoms with van der Waals surface area (Å²) in [5.74, 6) is -0.0396. The van der Waals surface area contributed by atoms with E-state index in [1.165, 1.54) is 6.07 Å². The van der Waals surface area contributed by atoms with Crippen molar-refractivity contribution >= 4 is 11.4 Å². The maximum atomic E-state index is 13.8. The second kappa shape index (κ2) is 8.26. The Hall–Kier alpha value is -4.03. The van der Waals surface area contributed by atoms with E-state index >= 15 is 0 Å². The predicted molar refractivity (Wildman–Crippen MR) is 141 cm³/mol. The average Bonchev–Trinajstić information content (AvgIpc) is 3.61. The number of carbonyl (C=O) groups excluding carboxylic acids is 1. The molecule has 210 valence electrons. The topological polar surface area (TPSA) is 132 Å². The molecule has 4 aliphatic rings. The van der Waals surface area contributed by atoms with Crippen LogP contribution in [0.15, 0.2) is 43.0 Å². The summed E-state index contributed by atoms with van der Waals surface area (Å²) in [5, 5.41) is 15.0. The maximum Gasteiger partial charge on any atom is 0.387 e. The van der Waals surface area contributed by atoms with Crippen molar-refractivity contribution in [3.05, 3.63) is 71.2 Å². The van der Waals surface area contributed by atoms with Crippen molar-refractivity contribution in [2.24, 2.45) is 5.73 Å². The maximum absolute atomic E-state index is 13.8. The molecule has 2 saturated carbocycles. The van der Waals surface area contributed by atoms with Crippen LogP contribution in [0.3, 0.4) is 0 Å². The number of carbonyl (C=O) groups is 1.